The van der Waals surface area contributed by atoms with Crippen molar-refractivity contribution in [2.45, 2.75) is 20.0 Å². The van der Waals surface area contributed by atoms with Gasteiger partial charge in [0.25, 0.3) is 5.91 Å². The number of esters is 1. The first-order chi connectivity index (χ1) is 13.6. The number of hydrogen-bond donors (Lipinski definition) is 2. The molecular formula is C21H21N3O4. The van der Waals surface area contributed by atoms with Crippen LogP contribution in [0.4, 0.5) is 5.69 Å². The van der Waals surface area contributed by atoms with Gasteiger partial charge < -0.3 is 14.8 Å². The van der Waals surface area contributed by atoms with Crippen LogP contribution in [0.5, 0.6) is 5.75 Å². The lowest BCUT2D eigenvalue weighted by molar-refractivity contribution is -0.123. The van der Waals surface area contributed by atoms with Gasteiger partial charge in [-0.15, -0.1) is 0 Å². The molecule has 2 aromatic carbocycles. The number of rotatable bonds is 7. The molecule has 0 aliphatic heterocycles. The predicted molar refractivity (Wildman–Crippen MR) is 105 cm³/mol. The Morgan fingerprint density at radius 1 is 1.11 bits per heavy atom. The Bertz CT molecular complexity index is 936. The molecule has 0 aliphatic carbocycles. The Kier molecular flexibility index (Phi) is 6.06. The predicted octanol–water partition coefficient (Wildman–Crippen LogP) is 3.66. The van der Waals surface area contributed by atoms with Crippen molar-refractivity contribution in [1.29, 1.82) is 0 Å². The van der Waals surface area contributed by atoms with Gasteiger partial charge in [-0.2, -0.15) is 5.10 Å². The van der Waals surface area contributed by atoms with Crippen molar-refractivity contribution in [2.75, 3.05) is 11.9 Å². The molecule has 0 unspecified atom stereocenters. The summed E-state index contributed by atoms with van der Waals surface area (Å²) in [5, 5.41) is 9.46. The Morgan fingerprint density at radius 3 is 2.50 bits per heavy atom. The van der Waals surface area contributed by atoms with E-state index in [1.165, 1.54) is 6.92 Å². The number of ether oxygens (including phenoxy) is 2. The minimum Gasteiger partial charge on any atom is -0.494 e. The van der Waals surface area contributed by atoms with Gasteiger partial charge in [0.05, 0.1) is 12.3 Å². The molecule has 0 bridgehead atoms. The number of carbonyl (C=O) groups excluding carboxylic acids is 2. The average molecular weight is 379 g/mol. The number of aromatic nitrogens is 2. The van der Waals surface area contributed by atoms with Crippen molar-refractivity contribution in [3.05, 3.63) is 66.4 Å². The summed E-state index contributed by atoms with van der Waals surface area (Å²) in [7, 11) is 0. The van der Waals surface area contributed by atoms with E-state index in [1.807, 2.05) is 37.3 Å². The molecule has 0 fully saturated rings. The fraction of sp³-hybridized carbons (Fsp3) is 0.190. The molecule has 0 spiro atoms. The number of carbonyl (C=O) groups is 2. The lowest BCUT2D eigenvalue weighted by atomic mass is 10.1. The Labute approximate surface area is 162 Å². The standard InChI is InChI=1S/C21H21N3O4/c1-3-27-17-11-9-16(10-12-17)22-20(25)14(2)28-21(26)19-13-18(23-24-19)15-7-5-4-6-8-15/h4-14H,3H2,1-2H3,(H,22,25)(H,23,24)/t14-/m1/s1. The van der Waals surface area contributed by atoms with Gasteiger partial charge in [0.1, 0.15) is 11.4 Å². The molecule has 0 saturated carbocycles. The minimum atomic E-state index is -0.970. The zero-order valence-electron chi connectivity index (χ0n) is 15.6. The van der Waals surface area contributed by atoms with Gasteiger partial charge in [0, 0.05) is 11.3 Å². The summed E-state index contributed by atoms with van der Waals surface area (Å²) in [4.78, 5) is 24.6. The lowest BCUT2D eigenvalue weighted by Gasteiger charge is -2.13. The summed E-state index contributed by atoms with van der Waals surface area (Å²) < 4.78 is 10.6. The molecular weight excluding hydrogens is 358 g/mol. The SMILES string of the molecule is CCOc1ccc(NC(=O)[C@@H](C)OC(=O)c2cc(-c3ccccc3)n[nH]2)cc1. The topological polar surface area (TPSA) is 93.3 Å². The summed E-state index contributed by atoms with van der Waals surface area (Å²) in [6, 6.07) is 18.0. The highest BCUT2D eigenvalue weighted by atomic mass is 16.5. The van der Waals surface area contributed by atoms with Crippen LogP contribution < -0.4 is 10.1 Å². The highest BCUT2D eigenvalue weighted by molar-refractivity contribution is 5.97. The summed E-state index contributed by atoms with van der Waals surface area (Å²) in [6.45, 7) is 3.97. The van der Waals surface area contributed by atoms with E-state index in [1.54, 1.807) is 30.3 Å². The number of H-pyrrole nitrogens is 1. The monoisotopic (exact) mass is 379 g/mol. The zero-order valence-corrected chi connectivity index (χ0v) is 15.6. The van der Waals surface area contributed by atoms with Crippen LogP contribution in [0.1, 0.15) is 24.3 Å². The molecule has 1 heterocycles. The third-order valence-corrected chi connectivity index (χ3v) is 3.95. The Morgan fingerprint density at radius 2 is 1.82 bits per heavy atom. The third kappa shape index (κ3) is 4.76. The van der Waals surface area contributed by atoms with E-state index in [0.717, 1.165) is 5.56 Å². The first kappa shape index (κ1) is 19.2. The number of anilines is 1. The number of nitrogens with zero attached hydrogens (tertiary/aromatic N) is 1. The maximum atomic E-state index is 12.3. The van der Waals surface area contributed by atoms with Crippen molar-refractivity contribution >= 4 is 17.6 Å². The van der Waals surface area contributed by atoms with E-state index < -0.39 is 18.0 Å². The normalized spacial score (nSPS) is 11.5. The number of hydrogen-bond acceptors (Lipinski definition) is 5. The van der Waals surface area contributed by atoms with Crippen molar-refractivity contribution in [3.63, 3.8) is 0 Å². The van der Waals surface area contributed by atoms with Gasteiger partial charge in [0.2, 0.25) is 0 Å². The second-order valence-corrected chi connectivity index (χ2v) is 6.03. The van der Waals surface area contributed by atoms with Crippen LogP contribution in [0.2, 0.25) is 0 Å². The quantitative estimate of drug-likeness (QED) is 0.611. The summed E-state index contributed by atoms with van der Waals surface area (Å²) in [5.41, 5.74) is 2.27. The highest BCUT2D eigenvalue weighted by Crippen LogP contribution is 2.18. The maximum Gasteiger partial charge on any atom is 0.357 e. The molecule has 3 rings (SSSR count). The van der Waals surface area contributed by atoms with E-state index in [4.69, 9.17) is 9.47 Å². The van der Waals surface area contributed by atoms with Crippen LogP contribution in [0.25, 0.3) is 11.3 Å². The average Bonchev–Trinajstić information content (AvgIpc) is 3.21. The first-order valence-electron chi connectivity index (χ1n) is 8.92. The van der Waals surface area contributed by atoms with Crippen LogP contribution in [-0.2, 0) is 9.53 Å². The molecule has 7 heteroatoms. The maximum absolute atomic E-state index is 12.3. The number of amides is 1. The van der Waals surface area contributed by atoms with Crippen LogP contribution >= 0.6 is 0 Å². The molecule has 0 aliphatic rings. The molecule has 0 radical (unpaired) electrons. The second kappa shape index (κ2) is 8.85. The first-order valence-corrected chi connectivity index (χ1v) is 8.92. The van der Waals surface area contributed by atoms with Gasteiger partial charge in [0.15, 0.2) is 6.10 Å². The molecule has 3 aromatic rings. The number of nitrogens with one attached hydrogen (secondary N) is 2. The fourth-order valence-corrected chi connectivity index (χ4v) is 2.51. The van der Waals surface area contributed by atoms with Crippen LogP contribution in [0, 0.1) is 0 Å². The van der Waals surface area contributed by atoms with Gasteiger partial charge in [-0.05, 0) is 44.2 Å². The molecule has 28 heavy (non-hydrogen) atoms. The minimum absolute atomic E-state index is 0.180. The molecule has 2 N–H and O–H groups in total. The largest absolute Gasteiger partial charge is 0.494 e. The van der Waals surface area contributed by atoms with E-state index in [0.29, 0.717) is 23.7 Å². The lowest BCUT2D eigenvalue weighted by Crippen LogP contribution is -2.30. The summed E-state index contributed by atoms with van der Waals surface area (Å²) in [5.74, 6) is -0.363. The second-order valence-electron chi connectivity index (χ2n) is 6.03. The summed E-state index contributed by atoms with van der Waals surface area (Å²) in [6.07, 6.45) is -0.970. The van der Waals surface area contributed by atoms with E-state index in [2.05, 4.69) is 15.5 Å². The van der Waals surface area contributed by atoms with Gasteiger partial charge >= 0.3 is 5.97 Å². The molecule has 7 nitrogen and oxygen atoms in total. The van der Waals surface area contributed by atoms with E-state index in [-0.39, 0.29) is 5.69 Å². The Hall–Kier alpha value is -3.61. The summed E-state index contributed by atoms with van der Waals surface area (Å²) >= 11 is 0. The van der Waals surface area contributed by atoms with Gasteiger partial charge in [-0.25, -0.2) is 4.79 Å². The molecule has 1 aromatic heterocycles. The highest BCUT2D eigenvalue weighted by Gasteiger charge is 2.20. The number of aromatic amines is 1. The Balaban J connectivity index is 1.57. The van der Waals surface area contributed by atoms with E-state index >= 15 is 0 Å². The van der Waals surface area contributed by atoms with Crippen molar-refractivity contribution in [1.82, 2.24) is 10.2 Å². The van der Waals surface area contributed by atoms with Crippen molar-refractivity contribution in [3.8, 4) is 17.0 Å². The van der Waals surface area contributed by atoms with Crippen LogP contribution in [0.3, 0.4) is 0 Å². The number of benzene rings is 2. The van der Waals surface area contributed by atoms with Crippen molar-refractivity contribution < 1.29 is 19.1 Å². The third-order valence-electron chi connectivity index (χ3n) is 3.95. The molecule has 1 amide bonds. The van der Waals surface area contributed by atoms with E-state index in [9.17, 15) is 9.59 Å². The van der Waals surface area contributed by atoms with Crippen molar-refractivity contribution in [2.24, 2.45) is 0 Å². The molecule has 144 valence electrons. The zero-order chi connectivity index (χ0) is 19.9. The van der Waals surface area contributed by atoms with Gasteiger partial charge in [-0.1, -0.05) is 30.3 Å². The smallest absolute Gasteiger partial charge is 0.357 e. The van der Waals surface area contributed by atoms with Crippen LogP contribution in [-0.4, -0.2) is 34.8 Å². The van der Waals surface area contributed by atoms with Gasteiger partial charge in [-0.3, -0.25) is 9.89 Å². The van der Waals surface area contributed by atoms with Crippen LogP contribution in [0.15, 0.2) is 60.7 Å². The molecule has 1 atom stereocenters. The molecule has 0 saturated heterocycles. The fourth-order valence-electron chi connectivity index (χ4n) is 2.51.